The molecule has 0 unspecified atom stereocenters. The van der Waals surface area contributed by atoms with Crippen molar-refractivity contribution in [1.82, 2.24) is 40.1 Å². The zero-order valence-corrected chi connectivity index (χ0v) is 65.7. The van der Waals surface area contributed by atoms with Crippen LogP contribution in [0.25, 0.3) is 0 Å². The van der Waals surface area contributed by atoms with E-state index in [9.17, 15) is 28.8 Å². The number of likely N-dealkylation sites (tertiary alicyclic amines) is 1. The van der Waals surface area contributed by atoms with E-state index >= 15 is 0 Å². The third kappa shape index (κ3) is 18.7. The van der Waals surface area contributed by atoms with Crippen LogP contribution < -0.4 is 74.4 Å². The first-order valence-corrected chi connectivity index (χ1v) is 37.9. The summed E-state index contributed by atoms with van der Waals surface area (Å²) in [7, 11) is 13.2. The molecular formula is C79H107N17O13. The molecule has 5 amide bonds. The Bertz CT molecular complexity index is 4240. The van der Waals surface area contributed by atoms with Gasteiger partial charge >= 0.3 is 12.1 Å². The van der Waals surface area contributed by atoms with Crippen molar-refractivity contribution in [2.45, 2.75) is 187 Å². The molecule has 0 radical (unpaired) electrons. The van der Waals surface area contributed by atoms with Gasteiger partial charge in [0.15, 0.2) is 29.0 Å². The number of piperidine rings is 1. The van der Waals surface area contributed by atoms with Gasteiger partial charge in [0.2, 0.25) is 41.3 Å². The lowest BCUT2D eigenvalue weighted by Gasteiger charge is -2.34. The molecule has 4 N–H and O–H groups in total. The topological polar surface area (TPSA) is 315 Å². The summed E-state index contributed by atoms with van der Waals surface area (Å²) in [5.74, 6) is 5.64. The van der Waals surface area contributed by atoms with E-state index in [0.29, 0.717) is 163 Å². The van der Waals surface area contributed by atoms with Gasteiger partial charge in [-0.3, -0.25) is 19.2 Å². The molecule has 0 bridgehead atoms. The van der Waals surface area contributed by atoms with Gasteiger partial charge in [-0.25, -0.2) is 24.5 Å². The van der Waals surface area contributed by atoms with E-state index in [1.54, 1.807) is 157 Å². The third-order valence-electron chi connectivity index (χ3n) is 20.9. The molecule has 1 saturated heterocycles. The molecular weight excluding hydrogens is 1390 g/mol. The van der Waals surface area contributed by atoms with Crippen LogP contribution in [0.4, 0.5) is 74.2 Å². The molecule has 586 valence electrons. The summed E-state index contributed by atoms with van der Waals surface area (Å²) in [6.45, 7) is 16.1. The molecule has 3 aromatic carbocycles. The molecule has 0 atom stereocenters. The number of hydrogen-bond donors (Lipinski definition) is 4. The summed E-state index contributed by atoms with van der Waals surface area (Å²) >= 11 is 0. The molecule has 0 spiro atoms. The quantitative estimate of drug-likeness (QED) is 0.0581. The first-order chi connectivity index (χ1) is 52.2. The number of carbonyl (C=O) groups is 6. The van der Waals surface area contributed by atoms with Crippen molar-refractivity contribution in [2.75, 3.05) is 135 Å². The summed E-state index contributed by atoms with van der Waals surface area (Å²) < 4.78 is 38.2. The van der Waals surface area contributed by atoms with Gasteiger partial charge in [0.05, 0.1) is 82.6 Å². The SMILES string of the molecule is COc1cc(C(=O)NC2CCN(C(=O)OC(C)(C)C)CC2)ccc1Nc1ncc2c(n1)N(C1CCCC1)CC(C)(C)C(=O)N2C.COc1cc(C(=O)OC(C)C)ccc1Nc1ncc2c(n1)N(C1CCCC1)CCC(=O)N2C.COc1cc(Nc2ncc3c(n2)N(C2CCCC2)CCC(=O)N3C)cc(OC)c1OC. The number of nitrogens with one attached hydrogen (secondary N) is 4. The highest BCUT2D eigenvalue weighted by Crippen LogP contribution is 2.45. The Balaban J connectivity index is 0.000000166. The van der Waals surface area contributed by atoms with Gasteiger partial charge in [0, 0.05) is 114 Å². The van der Waals surface area contributed by atoms with Crippen LogP contribution in [-0.4, -0.2) is 196 Å². The van der Waals surface area contributed by atoms with Crippen LogP contribution in [-0.2, 0) is 23.9 Å². The van der Waals surface area contributed by atoms with Crippen LogP contribution in [0.3, 0.4) is 0 Å². The summed E-state index contributed by atoms with van der Waals surface area (Å²) in [4.78, 5) is 118. The Kier molecular flexibility index (Phi) is 25.3. The van der Waals surface area contributed by atoms with E-state index in [2.05, 4.69) is 50.9 Å². The normalized spacial score (nSPS) is 17.7. The van der Waals surface area contributed by atoms with Gasteiger partial charge in [-0.1, -0.05) is 38.5 Å². The van der Waals surface area contributed by atoms with Gasteiger partial charge in [0.25, 0.3) is 5.91 Å². The van der Waals surface area contributed by atoms with Gasteiger partial charge in [-0.05, 0) is 136 Å². The summed E-state index contributed by atoms with van der Waals surface area (Å²) in [6.07, 6.45) is 20.5. The fourth-order valence-corrected chi connectivity index (χ4v) is 15.1. The first-order valence-electron chi connectivity index (χ1n) is 37.9. The average Bonchev–Trinajstić information content (AvgIpc) is 1.66. The minimum absolute atomic E-state index is 0.0395. The third-order valence-corrected chi connectivity index (χ3v) is 20.9. The van der Waals surface area contributed by atoms with Gasteiger partial charge < -0.3 is 88.7 Å². The highest BCUT2D eigenvalue weighted by molar-refractivity contribution is 6.02. The second-order valence-electron chi connectivity index (χ2n) is 30.5. The lowest BCUT2D eigenvalue weighted by molar-refractivity contribution is -0.125. The molecule has 30 heteroatoms. The number of methoxy groups -OCH3 is 5. The zero-order chi connectivity index (χ0) is 78.0. The lowest BCUT2D eigenvalue weighted by atomic mass is 9.91. The average molecular weight is 1500 g/mol. The number of nitrogens with zero attached hydrogens (tertiary/aromatic N) is 13. The smallest absolute Gasteiger partial charge is 0.410 e. The maximum Gasteiger partial charge on any atom is 0.410 e. The minimum Gasteiger partial charge on any atom is -0.495 e. The number of fused-ring (bicyclic) bond motifs is 3. The monoisotopic (exact) mass is 1500 g/mol. The van der Waals surface area contributed by atoms with E-state index in [-0.39, 0.29) is 41.9 Å². The lowest BCUT2D eigenvalue weighted by Crippen LogP contribution is -2.47. The molecule has 3 aliphatic carbocycles. The number of benzene rings is 3. The zero-order valence-electron chi connectivity index (χ0n) is 65.7. The van der Waals surface area contributed by atoms with E-state index in [1.807, 2.05) is 34.6 Å². The number of rotatable bonds is 18. The molecule has 109 heavy (non-hydrogen) atoms. The molecule has 30 nitrogen and oxygen atoms in total. The van der Waals surface area contributed by atoms with E-state index in [1.165, 1.54) is 38.5 Å². The van der Waals surface area contributed by atoms with Crippen LogP contribution >= 0.6 is 0 Å². The molecule has 3 aromatic heterocycles. The van der Waals surface area contributed by atoms with Crippen molar-refractivity contribution in [3.8, 4) is 28.7 Å². The van der Waals surface area contributed by atoms with Crippen LogP contribution in [0.5, 0.6) is 28.7 Å². The van der Waals surface area contributed by atoms with Gasteiger partial charge in [-0.15, -0.1) is 0 Å². The molecule has 3 saturated carbocycles. The maximum atomic E-state index is 13.3. The van der Waals surface area contributed by atoms with Crippen molar-refractivity contribution in [3.05, 3.63) is 78.2 Å². The van der Waals surface area contributed by atoms with E-state index in [4.69, 9.17) is 48.1 Å². The molecule has 7 heterocycles. The Morgan fingerprint density at radius 2 is 0.945 bits per heavy atom. The second-order valence-corrected chi connectivity index (χ2v) is 30.5. The Morgan fingerprint density at radius 3 is 1.39 bits per heavy atom. The number of hydrogen-bond acceptors (Lipinski definition) is 25. The highest BCUT2D eigenvalue weighted by atomic mass is 16.6. The van der Waals surface area contributed by atoms with Crippen molar-refractivity contribution < 1.29 is 61.9 Å². The predicted molar refractivity (Wildman–Crippen MR) is 419 cm³/mol. The van der Waals surface area contributed by atoms with Crippen molar-refractivity contribution in [1.29, 1.82) is 0 Å². The Morgan fingerprint density at radius 1 is 0.523 bits per heavy atom. The number of carbonyl (C=O) groups excluding carboxylic acids is 6. The standard InChI is InChI=1S/C33H47N7O5.C24H31N5O4.C22H29N5O4/c1-32(2,3)45-31(43)39-16-14-22(15-17-39)35-28(41)21-12-13-24(26(18-21)44-7)36-30-34-19-25-27(37-30)40(23-10-8-9-11-23)20-33(4,5)29(42)38(25)6;1-15(2)33-23(31)16-9-10-18(20(13-16)32-4)26-24-25-14-19-22(27-24)29(17-7-5-6-8-17)12-11-21(30)28(19)3;1-26-16-13-23-22(24-14-11-17(29-2)20(31-4)18(12-14)30-3)25-21(16)27(10-9-19(26)28)15-7-5-6-8-15/h12-13,18-19,22-23H,8-11,14-17,20H2,1-7H3,(H,35,41)(H,34,36,37);9-10,13-15,17H,5-8,11-12H2,1-4H3,(H,25,26,27);11-13,15H,5-10H2,1-4H3,(H,23,24,25). The fourth-order valence-electron chi connectivity index (χ4n) is 15.1. The summed E-state index contributed by atoms with van der Waals surface area (Å²) in [6, 6.07) is 14.9. The largest absolute Gasteiger partial charge is 0.495 e. The fraction of sp³-hybridized carbons (Fsp3) is 0.544. The van der Waals surface area contributed by atoms with E-state index in [0.717, 1.165) is 61.7 Å². The number of ether oxygens (including phenoxy) is 7. The minimum atomic E-state index is -0.569. The summed E-state index contributed by atoms with van der Waals surface area (Å²) in [5.41, 5.74) is 3.86. The van der Waals surface area contributed by atoms with E-state index < -0.39 is 17.0 Å². The van der Waals surface area contributed by atoms with Crippen LogP contribution in [0, 0.1) is 5.41 Å². The predicted octanol–water partition coefficient (Wildman–Crippen LogP) is 12.4. The second kappa shape index (κ2) is 34.7. The summed E-state index contributed by atoms with van der Waals surface area (Å²) in [5, 5.41) is 12.8. The van der Waals surface area contributed by atoms with Gasteiger partial charge in [0.1, 0.15) is 34.2 Å². The molecule has 4 aliphatic heterocycles. The molecule has 4 fully saturated rings. The van der Waals surface area contributed by atoms with Gasteiger partial charge in [-0.2, -0.15) is 15.0 Å². The highest BCUT2D eigenvalue weighted by Gasteiger charge is 2.42. The Hall–Kier alpha value is -10.7. The molecule has 7 aliphatic rings. The Labute approximate surface area is 638 Å². The molecule has 6 aromatic rings. The van der Waals surface area contributed by atoms with Crippen LogP contribution in [0.1, 0.15) is 172 Å². The number of esters is 1. The maximum absolute atomic E-state index is 13.3. The number of anilines is 12. The van der Waals surface area contributed by atoms with Crippen molar-refractivity contribution in [3.63, 3.8) is 0 Å². The number of amides is 5. The van der Waals surface area contributed by atoms with Crippen LogP contribution in [0.15, 0.2) is 67.1 Å². The van der Waals surface area contributed by atoms with Crippen molar-refractivity contribution >= 4 is 105 Å². The number of aromatic nitrogens is 6. The molecule has 13 rings (SSSR count). The van der Waals surface area contributed by atoms with Crippen molar-refractivity contribution in [2.24, 2.45) is 5.41 Å². The van der Waals surface area contributed by atoms with Crippen LogP contribution in [0.2, 0.25) is 0 Å². The first kappa shape index (κ1) is 79.4.